The Morgan fingerprint density at radius 2 is 1.95 bits per heavy atom. The molecule has 1 fully saturated rings. The summed E-state index contributed by atoms with van der Waals surface area (Å²) in [7, 11) is 0. The van der Waals surface area contributed by atoms with Crippen molar-refractivity contribution in [3.63, 3.8) is 0 Å². The van der Waals surface area contributed by atoms with E-state index in [0.717, 1.165) is 48.3 Å². The molecule has 2 aromatic carbocycles. The van der Waals surface area contributed by atoms with Gasteiger partial charge in [0.1, 0.15) is 12.4 Å². The number of nitrogens with two attached hydrogens (primary N) is 1. The number of carbonyl (C=O) groups excluding carboxylic acids is 1. The standard InChI is InChI=1S/C27H26F3N5O3/c1-16(27(28,29)30)38-26(36)34-18-7-5-17(6-8-18)25-24(31)22-10-9-21(37-15-19-14-32-11-12-33-19)13-23(22)35(25)20-3-2-4-20/h5-14,16,20H,2-4,15,31H2,1H3,(H,34,36). The van der Waals surface area contributed by atoms with Crippen molar-refractivity contribution in [2.24, 2.45) is 0 Å². The van der Waals surface area contributed by atoms with Gasteiger partial charge in [-0.1, -0.05) is 12.1 Å². The minimum absolute atomic E-state index is 0.275. The molecule has 38 heavy (non-hydrogen) atoms. The largest absolute Gasteiger partial charge is 0.487 e. The zero-order valence-corrected chi connectivity index (χ0v) is 20.5. The highest BCUT2D eigenvalue weighted by Gasteiger charge is 2.39. The van der Waals surface area contributed by atoms with Gasteiger partial charge < -0.3 is 19.8 Å². The number of hydrogen-bond acceptors (Lipinski definition) is 6. The Labute approximate surface area is 216 Å². The Bertz CT molecular complexity index is 1430. The number of amides is 1. The first-order valence-corrected chi connectivity index (χ1v) is 12.2. The van der Waals surface area contributed by atoms with Crippen molar-refractivity contribution in [1.29, 1.82) is 0 Å². The third-order valence-corrected chi connectivity index (χ3v) is 6.61. The molecule has 1 aliphatic carbocycles. The predicted octanol–water partition coefficient (Wildman–Crippen LogP) is 6.48. The van der Waals surface area contributed by atoms with Crippen molar-refractivity contribution in [2.45, 2.75) is 51.1 Å². The number of hydrogen-bond donors (Lipinski definition) is 2. The SMILES string of the molecule is CC(OC(=O)Nc1ccc(-c2c(N)c3ccc(OCc4cnccn4)cc3n2C2CCC2)cc1)C(F)(F)F. The summed E-state index contributed by atoms with van der Waals surface area (Å²) in [6.07, 6.45) is 0.00217. The molecule has 2 aromatic heterocycles. The van der Waals surface area contributed by atoms with Crippen molar-refractivity contribution in [3.05, 3.63) is 66.7 Å². The van der Waals surface area contributed by atoms with Crippen molar-refractivity contribution in [2.75, 3.05) is 11.1 Å². The second-order valence-electron chi connectivity index (χ2n) is 9.17. The fraction of sp³-hybridized carbons (Fsp3) is 0.296. The van der Waals surface area contributed by atoms with E-state index in [2.05, 4.69) is 24.6 Å². The second kappa shape index (κ2) is 10.2. The lowest BCUT2D eigenvalue weighted by Gasteiger charge is -2.30. The van der Waals surface area contributed by atoms with E-state index in [-0.39, 0.29) is 12.6 Å². The molecule has 2 heterocycles. The highest BCUT2D eigenvalue weighted by molar-refractivity contribution is 6.01. The lowest BCUT2D eigenvalue weighted by Crippen LogP contribution is -2.32. The summed E-state index contributed by atoms with van der Waals surface area (Å²) in [6.45, 7) is 1.06. The number of rotatable bonds is 7. The number of alkyl halides is 3. The van der Waals surface area contributed by atoms with E-state index in [4.69, 9.17) is 10.5 Å². The summed E-state index contributed by atoms with van der Waals surface area (Å²) >= 11 is 0. The molecule has 1 aliphatic rings. The van der Waals surface area contributed by atoms with E-state index in [1.165, 1.54) is 0 Å². The number of halogens is 3. The van der Waals surface area contributed by atoms with Gasteiger partial charge in [-0.3, -0.25) is 15.3 Å². The number of carbonyl (C=O) groups is 1. The van der Waals surface area contributed by atoms with E-state index in [1.54, 1.807) is 42.9 Å². The number of benzene rings is 2. The van der Waals surface area contributed by atoms with Gasteiger partial charge >= 0.3 is 12.3 Å². The molecule has 3 N–H and O–H groups in total. The zero-order valence-electron chi connectivity index (χ0n) is 20.5. The molecular weight excluding hydrogens is 499 g/mol. The average molecular weight is 526 g/mol. The molecule has 0 bridgehead atoms. The Morgan fingerprint density at radius 3 is 2.58 bits per heavy atom. The number of nitrogens with zero attached hydrogens (tertiary/aromatic N) is 3. The zero-order chi connectivity index (χ0) is 26.9. The monoisotopic (exact) mass is 525 g/mol. The molecule has 0 spiro atoms. The average Bonchev–Trinajstić information content (AvgIpc) is 3.13. The Balaban J connectivity index is 1.41. The fourth-order valence-electron chi connectivity index (χ4n) is 4.37. The summed E-state index contributed by atoms with van der Waals surface area (Å²) in [6, 6.07) is 12.8. The molecule has 1 atom stereocenters. The summed E-state index contributed by atoms with van der Waals surface area (Å²) in [5, 5.41) is 3.23. The maximum absolute atomic E-state index is 12.7. The third kappa shape index (κ3) is 5.22. The number of anilines is 2. The summed E-state index contributed by atoms with van der Waals surface area (Å²) < 4.78 is 50.6. The number of nitrogens with one attached hydrogen (secondary N) is 1. The first kappa shape index (κ1) is 25.4. The van der Waals surface area contributed by atoms with Crippen LogP contribution >= 0.6 is 0 Å². The number of ether oxygens (including phenoxy) is 2. The van der Waals surface area contributed by atoms with Crippen molar-refractivity contribution >= 4 is 28.4 Å². The quantitative estimate of drug-likeness (QED) is 0.286. The van der Waals surface area contributed by atoms with E-state index in [0.29, 0.717) is 22.8 Å². The van der Waals surface area contributed by atoms with Gasteiger partial charge in [-0.2, -0.15) is 13.2 Å². The number of nitrogen functional groups attached to an aromatic ring is 1. The highest BCUT2D eigenvalue weighted by atomic mass is 19.4. The van der Waals surface area contributed by atoms with Crippen LogP contribution in [0.15, 0.2) is 61.1 Å². The van der Waals surface area contributed by atoms with Crippen LogP contribution in [0.1, 0.15) is 37.9 Å². The van der Waals surface area contributed by atoms with Gasteiger partial charge in [-0.25, -0.2) is 4.79 Å². The van der Waals surface area contributed by atoms with Gasteiger partial charge in [0.2, 0.25) is 0 Å². The minimum atomic E-state index is -4.63. The van der Waals surface area contributed by atoms with Crippen LogP contribution < -0.4 is 15.8 Å². The van der Waals surface area contributed by atoms with Crippen molar-refractivity contribution in [1.82, 2.24) is 14.5 Å². The van der Waals surface area contributed by atoms with Gasteiger partial charge in [0.25, 0.3) is 0 Å². The van der Waals surface area contributed by atoms with Gasteiger partial charge in [0, 0.05) is 41.1 Å². The van der Waals surface area contributed by atoms with Crippen molar-refractivity contribution in [3.8, 4) is 17.0 Å². The van der Waals surface area contributed by atoms with Gasteiger partial charge in [0.05, 0.1) is 28.8 Å². The van der Waals surface area contributed by atoms with Crippen LogP contribution in [0, 0.1) is 0 Å². The molecule has 8 nitrogen and oxygen atoms in total. The van der Waals surface area contributed by atoms with E-state index >= 15 is 0 Å². The molecule has 11 heteroatoms. The van der Waals surface area contributed by atoms with E-state index in [1.807, 2.05) is 18.2 Å². The Kier molecular flexibility index (Phi) is 6.83. The van der Waals surface area contributed by atoms with Crippen LogP contribution in [-0.4, -0.2) is 32.9 Å². The molecule has 198 valence electrons. The molecule has 5 rings (SSSR count). The lowest BCUT2D eigenvalue weighted by atomic mass is 9.92. The lowest BCUT2D eigenvalue weighted by molar-refractivity contribution is -0.196. The third-order valence-electron chi connectivity index (χ3n) is 6.61. The summed E-state index contributed by atoms with van der Waals surface area (Å²) in [4.78, 5) is 20.2. The second-order valence-corrected chi connectivity index (χ2v) is 9.17. The van der Waals surface area contributed by atoms with Crippen LogP contribution in [0.25, 0.3) is 22.2 Å². The molecule has 4 aromatic rings. The van der Waals surface area contributed by atoms with Gasteiger partial charge in [0.15, 0.2) is 6.10 Å². The predicted molar refractivity (Wildman–Crippen MR) is 137 cm³/mol. The van der Waals surface area contributed by atoms with E-state index in [9.17, 15) is 18.0 Å². The molecule has 0 saturated heterocycles. The van der Waals surface area contributed by atoms with Crippen LogP contribution in [-0.2, 0) is 11.3 Å². The highest BCUT2D eigenvalue weighted by Crippen LogP contribution is 2.45. The Hall–Kier alpha value is -4.28. The van der Waals surface area contributed by atoms with Crippen molar-refractivity contribution < 1.29 is 27.4 Å². The van der Waals surface area contributed by atoms with Crippen LogP contribution in [0.5, 0.6) is 5.75 Å². The smallest absolute Gasteiger partial charge is 0.425 e. The van der Waals surface area contributed by atoms with E-state index < -0.39 is 18.4 Å². The molecule has 0 aliphatic heterocycles. The first-order valence-electron chi connectivity index (χ1n) is 12.2. The van der Waals surface area contributed by atoms with Crippen LogP contribution in [0.2, 0.25) is 0 Å². The van der Waals surface area contributed by atoms with Gasteiger partial charge in [-0.15, -0.1) is 0 Å². The minimum Gasteiger partial charge on any atom is -0.487 e. The maximum atomic E-state index is 12.7. The van der Waals surface area contributed by atoms with Crippen LogP contribution in [0.4, 0.5) is 29.3 Å². The van der Waals surface area contributed by atoms with Crippen LogP contribution in [0.3, 0.4) is 0 Å². The Morgan fingerprint density at radius 1 is 1.18 bits per heavy atom. The molecular formula is C27H26F3N5O3. The molecule has 1 unspecified atom stereocenters. The molecule has 1 saturated carbocycles. The van der Waals surface area contributed by atoms with Gasteiger partial charge in [-0.05, 0) is 50.5 Å². The normalized spacial score (nSPS) is 14.6. The number of aromatic nitrogens is 3. The molecule has 1 amide bonds. The maximum Gasteiger partial charge on any atom is 0.425 e. The summed E-state index contributed by atoms with van der Waals surface area (Å²) in [5.74, 6) is 0.680. The number of fused-ring (bicyclic) bond motifs is 1. The fourth-order valence-corrected chi connectivity index (χ4v) is 4.37. The molecule has 0 radical (unpaired) electrons. The summed E-state index contributed by atoms with van der Waals surface area (Å²) in [5.41, 5.74) is 10.9. The topological polar surface area (TPSA) is 104 Å². The first-order chi connectivity index (χ1) is 18.2.